The zero-order valence-electron chi connectivity index (χ0n) is 11.3. The number of phosphoric acid groups is 1. The van der Waals surface area contributed by atoms with Crippen LogP contribution in [0.4, 0.5) is 0 Å². The molecule has 19 heavy (non-hydrogen) atoms. The summed E-state index contributed by atoms with van der Waals surface area (Å²) in [6, 6.07) is 0. The van der Waals surface area contributed by atoms with Gasteiger partial charge in [-0.25, -0.2) is 4.57 Å². The van der Waals surface area contributed by atoms with Gasteiger partial charge in [0.25, 0.3) is 5.71 Å². The molecule has 0 fully saturated rings. The fourth-order valence-corrected chi connectivity index (χ4v) is 2.02. The molecular weight excluding hydrogens is 269 g/mol. The summed E-state index contributed by atoms with van der Waals surface area (Å²) in [5.41, 5.74) is 8.99. The Hall–Kier alpha value is -1.23. The molecule has 0 aromatic carbocycles. The lowest BCUT2D eigenvalue weighted by Gasteiger charge is -2.24. The van der Waals surface area contributed by atoms with Crippen LogP contribution in [0.15, 0.2) is 24.0 Å². The molecule has 0 aromatic rings. The highest BCUT2D eigenvalue weighted by molar-refractivity contribution is 7.47. The Morgan fingerprint density at radius 1 is 1.47 bits per heavy atom. The second-order valence-corrected chi connectivity index (χ2v) is 6.52. The third-order valence-corrected chi connectivity index (χ3v) is 3.27. The predicted octanol–water partition coefficient (Wildman–Crippen LogP) is 1.34. The van der Waals surface area contributed by atoms with Crippen molar-refractivity contribution in [3.63, 3.8) is 0 Å². The van der Waals surface area contributed by atoms with E-state index in [9.17, 15) is 9.46 Å². The number of hydrogen-bond acceptors (Lipinski definition) is 3. The van der Waals surface area contributed by atoms with Crippen molar-refractivity contribution in [1.82, 2.24) is 0 Å². The van der Waals surface area contributed by atoms with E-state index < -0.39 is 7.82 Å². The van der Waals surface area contributed by atoms with Crippen LogP contribution in [0.25, 0.3) is 5.53 Å². The molecule has 0 spiro atoms. The van der Waals surface area contributed by atoms with Crippen LogP contribution < -0.4 is 0 Å². The topological polar surface area (TPSA) is 92.2 Å². The van der Waals surface area contributed by atoms with Gasteiger partial charge in [0.1, 0.15) is 18.9 Å². The van der Waals surface area contributed by atoms with Gasteiger partial charge in [-0.05, 0) is 12.2 Å². The minimum absolute atomic E-state index is 0.123. The molecule has 1 N–H and O–H groups in total. The van der Waals surface area contributed by atoms with E-state index in [1.165, 1.54) is 12.2 Å². The Morgan fingerprint density at radius 3 is 2.63 bits per heavy atom. The summed E-state index contributed by atoms with van der Waals surface area (Å²) in [5, 5.41) is 0. The van der Waals surface area contributed by atoms with Gasteiger partial charge in [-0.2, -0.15) is 4.79 Å². The van der Waals surface area contributed by atoms with Crippen LogP contribution in [-0.2, 0) is 13.6 Å². The Kier molecular flexibility index (Phi) is 5.23. The summed E-state index contributed by atoms with van der Waals surface area (Å²) in [7, 11) is 1.75. The van der Waals surface area contributed by atoms with E-state index in [1.807, 2.05) is 21.1 Å². The number of rotatable bonds is 6. The van der Waals surface area contributed by atoms with E-state index in [-0.39, 0.29) is 12.4 Å². The van der Waals surface area contributed by atoms with Gasteiger partial charge in [0.05, 0.1) is 27.6 Å². The first-order valence-corrected chi connectivity index (χ1v) is 7.28. The summed E-state index contributed by atoms with van der Waals surface area (Å²) < 4.78 is 22.1. The van der Waals surface area contributed by atoms with Gasteiger partial charge in [0, 0.05) is 6.08 Å². The van der Waals surface area contributed by atoms with Gasteiger partial charge >= 0.3 is 7.82 Å². The van der Waals surface area contributed by atoms with Gasteiger partial charge < -0.3 is 14.5 Å². The molecule has 0 bridgehead atoms. The predicted molar refractivity (Wildman–Crippen MR) is 70.2 cm³/mol. The van der Waals surface area contributed by atoms with Gasteiger partial charge in [0.2, 0.25) is 0 Å². The molecule has 7 nitrogen and oxygen atoms in total. The molecule has 0 aliphatic heterocycles. The molecule has 106 valence electrons. The van der Waals surface area contributed by atoms with Gasteiger partial charge in [0.15, 0.2) is 0 Å². The molecule has 1 aliphatic rings. The smallest absolute Gasteiger partial charge is 0.404 e. The molecule has 0 heterocycles. The molecule has 8 heteroatoms. The Labute approximate surface area is 112 Å². The van der Waals surface area contributed by atoms with E-state index in [1.54, 1.807) is 6.08 Å². The Morgan fingerprint density at radius 2 is 2.16 bits per heavy atom. The van der Waals surface area contributed by atoms with Crippen molar-refractivity contribution in [3.8, 4) is 0 Å². The molecule has 0 radical (unpaired) electrons. The van der Waals surface area contributed by atoms with E-state index in [2.05, 4.69) is 4.79 Å². The number of allylic oxidation sites excluding steroid dienone is 3. The zero-order valence-corrected chi connectivity index (χ0v) is 12.2. The number of nitrogens with zero attached hydrogens (tertiary/aromatic N) is 3. The van der Waals surface area contributed by atoms with E-state index in [0.717, 1.165) is 0 Å². The largest absolute Gasteiger partial charge is 0.527 e. The maximum absolute atomic E-state index is 11.7. The Balaban J connectivity index is 2.48. The van der Waals surface area contributed by atoms with Crippen molar-refractivity contribution in [2.75, 3.05) is 34.3 Å². The van der Waals surface area contributed by atoms with Crippen molar-refractivity contribution < 1.29 is 27.8 Å². The first-order valence-electron chi connectivity index (χ1n) is 5.78. The number of likely N-dealkylation sites (N-methyl/N-ethyl adjacent to an activating group) is 1. The zero-order chi connectivity index (χ0) is 14.5. The van der Waals surface area contributed by atoms with Gasteiger partial charge in [-0.1, -0.05) is 0 Å². The van der Waals surface area contributed by atoms with E-state index in [0.29, 0.717) is 23.2 Å². The normalized spacial score (nSPS) is 18.5. The van der Waals surface area contributed by atoms with Crippen LogP contribution in [0.5, 0.6) is 0 Å². The summed E-state index contributed by atoms with van der Waals surface area (Å²) in [6.07, 6.45) is 4.83. The van der Waals surface area contributed by atoms with Crippen LogP contribution in [0.1, 0.15) is 6.42 Å². The highest BCUT2D eigenvalue weighted by Gasteiger charge is 2.25. The van der Waals surface area contributed by atoms with Crippen LogP contribution in [-0.4, -0.2) is 54.2 Å². The maximum atomic E-state index is 11.7. The summed E-state index contributed by atoms with van der Waals surface area (Å²) in [6.45, 7) is 0.710. The molecule has 1 atom stereocenters. The first-order chi connectivity index (χ1) is 8.72. The summed E-state index contributed by atoms with van der Waals surface area (Å²) in [5.74, 6) is 0.225. The fraction of sp³-hybridized carbons (Fsp3) is 0.545. The third kappa shape index (κ3) is 6.47. The van der Waals surface area contributed by atoms with Gasteiger partial charge in [-0.15, -0.1) is 0 Å². The summed E-state index contributed by atoms with van der Waals surface area (Å²) in [4.78, 5) is 12.6. The van der Waals surface area contributed by atoms with Crippen LogP contribution in [0.3, 0.4) is 0 Å². The Bertz CT molecular complexity index is 487. The molecule has 0 aromatic heterocycles. The van der Waals surface area contributed by atoms with Crippen molar-refractivity contribution in [1.29, 1.82) is 0 Å². The average Bonchev–Trinajstić information content (AvgIpc) is 2.27. The lowest BCUT2D eigenvalue weighted by atomic mass is 10.1. The average molecular weight is 288 g/mol. The van der Waals surface area contributed by atoms with Crippen molar-refractivity contribution >= 4 is 13.5 Å². The molecule has 0 saturated heterocycles. The van der Waals surface area contributed by atoms with E-state index in [4.69, 9.17) is 14.6 Å². The highest BCUT2D eigenvalue weighted by Crippen LogP contribution is 2.46. The molecular formula is C11H19N3O4P+. The summed E-state index contributed by atoms with van der Waals surface area (Å²) >= 11 is 0. The second kappa shape index (κ2) is 6.28. The molecule has 0 amide bonds. The molecule has 1 rings (SSSR count). The fourth-order valence-electron chi connectivity index (χ4n) is 1.25. The quantitative estimate of drug-likeness (QED) is 0.345. The lowest BCUT2D eigenvalue weighted by Crippen LogP contribution is -2.37. The van der Waals surface area contributed by atoms with Crippen molar-refractivity contribution in [2.24, 2.45) is 0 Å². The van der Waals surface area contributed by atoms with Crippen LogP contribution >= 0.6 is 7.82 Å². The van der Waals surface area contributed by atoms with Crippen LogP contribution in [0.2, 0.25) is 0 Å². The second-order valence-electron chi connectivity index (χ2n) is 5.14. The standard InChI is InChI=1S/C11H18N3O4P/c1-14(2,3)8-9-17-19(15,16)18-11-6-4-10(13-12)5-7-11/h4,6-7H,5,8-9H2,1-3H3/p+1. The third-order valence-electron chi connectivity index (χ3n) is 2.32. The van der Waals surface area contributed by atoms with Crippen molar-refractivity contribution in [2.45, 2.75) is 6.42 Å². The SMILES string of the molecule is C[N+](C)(C)CCOP(=O)(O)OC1=CCC(=[N+]=[N-])C=C1. The van der Waals surface area contributed by atoms with Crippen molar-refractivity contribution in [3.05, 3.63) is 29.5 Å². The molecule has 0 saturated carbocycles. The first kappa shape index (κ1) is 15.8. The molecule has 1 unspecified atom stereocenters. The van der Waals surface area contributed by atoms with E-state index >= 15 is 0 Å². The van der Waals surface area contributed by atoms with Gasteiger partial charge in [-0.3, -0.25) is 9.42 Å². The minimum atomic E-state index is -4.11. The lowest BCUT2D eigenvalue weighted by molar-refractivity contribution is -0.870. The van der Waals surface area contributed by atoms with Crippen LogP contribution in [0, 0.1) is 0 Å². The number of hydrogen-bond donors (Lipinski definition) is 1. The minimum Gasteiger partial charge on any atom is -0.404 e. The monoisotopic (exact) mass is 288 g/mol. The maximum Gasteiger partial charge on any atom is 0.527 e. The highest BCUT2D eigenvalue weighted by atomic mass is 31.2. The molecule has 1 aliphatic carbocycles. The number of quaternary nitrogens is 1. The number of phosphoric ester groups is 1.